The summed E-state index contributed by atoms with van der Waals surface area (Å²) in [6.07, 6.45) is 0.319. The molecule has 1 amide bonds. The fourth-order valence-corrected chi connectivity index (χ4v) is 1.97. The van der Waals surface area contributed by atoms with Gasteiger partial charge in [0.05, 0.1) is 0 Å². The van der Waals surface area contributed by atoms with Crippen molar-refractivity contribution in [2.24, 2.45) is 0 Å². The molecule has 0 saturated carbocycles. The van der Waals surface area contributed by atoms with E-state index >= 15 is 0 Å². The van der Waals surface area contributed by atoms with Gasteiger partial charge in [0.15, 0.2) is 0 Å². The zero-order valence-electron chi connectivity index (χ0n) is 11.9. The number of alkyl halides is 1. The highest BCUT2D eigenvalue weighted by Crippen LogP contribution is 2.15. The van der Waals surface area contributed by atoms with Crippen LogP contribution in [-0.4, -0.2) is 11.8 Å². The van der Waals surface area contributed by atoms with Gasteiger partial charge in [0.1, 0.15) is 12.4 Å². The number of carbonyl (C=O) groups excluding carboxylic acids is 1. The Labute approximate surface area is 129 Å². The van der Waals surface area contributed by atoms with Gasteiger partial charge >= 0.3 is 0 Å². The average Bonchev–Trinajstić information content (AvgIpc) is 2.48. The number of ether oxygens (including phenoxy) is 1. The minimum absolute atomic E-state index is 0.0753. The van der Waals surface area contributed by atoms with Crippen molar-refractivity contribution in [2.75, 3.05) is 11.2 Å². The number of hydrogen-bond acceptors (Lipinski definition) is 2. The molecule has 0 saturated heterocycles. The second kappa shape index (κ2) is 7.70. The van der Waals surface area contributed by atoms with Gasteiger partial charge in [-0.15, -0.1) is 11.6 Å². The van der Waals surface area contributed by atoms with Gasteiger partial charge in [-0.3, -0.25) is 4.79 Å². The second-order valence-electron chi connectivity index (χ2n) is 4.79. The van der Waals surface area contributed by atoms with E-state index in [1.165, 1.54) is 5.56 Å². The number of hydrogen-bond donors (Lipinski definition) is 1. The van der Waals surface area contributed by atoms with E-state index in [4.69, 9.17) is 16.3 Å². The third-order valence-corrected chi connectivity index (χ3v) is 3.17. The fourth-order valence-electron chi connectivity index (χ4n) is 1.79. The Morgan fingerprint density at radius 2 is 1.76 bits per heavy atom. The maximum Gasteiger partial charge on any atom is 0.225 e. The summed E-state index contributed by atoms with van der Waals surface area (Å²) in [5.74, 6) is 1.10. The number of rotatable bonds is 6. The molecule has 2 rings (SSSR count). The van der Waals surface area contributed by atoms with Crippen molar-refractivity contribution in [2.45, 2.75) is 20.0 Å². The topological polar surface area (TPSA) is 38.3 Å². The number of benzene rings is 2. The number of carbonyl (C=O) groups is 1. The maximum absolute atomic E-state index is 11.4. The minimum atomic E-state index is -0.0753. The van der Waals surface area contributed by atoms with Crippen LogP contribution in [0, 0.1) is 6.92 Å². The van der Waals surface area contributed by atoms with Gasteiger partial charge in [0, 0.05) is 18.0 Å². The van der Waals surface area contributed by atoms with Crippen LogP contribution in [0.4, 0.5) is 5.69 Å². The third-order valence-electron chi connectivity index (χ3n) is 2.99. The second-order valence-corrected chi connectivity index (χ2v) is 5.16. The normalized spacial score (nSPS) is 10.2. The van der Waals surface area contributed by atoms with Crippen LogP contribution in [-0.2, 0) is 11.4 Å². The smallest absolute Gasteiger partial charge is 0.225 e. The van der Waals surface area contributed by atoms with Crippen molar-refractivity contribution in [1.82, 2.24) is 0 Å². The van der Waals surface area contributed by atoms with E-state index in [1.54, 1.807) is 0 Å². The van der Waals surface area contributed by atoms with Crippen molar-refractivity contribution in [3.63, 3.8) is 0 Å². The molecule has 0 unspecified atom stereocenters. The molecule has 0 spiro atoms. The summed E-state index contributed by atoms with van der Waals surface area (Å²) in [7, 11) is 0. The lowest BCUT2D eigenvalue weighted by atomic mass is 10.2. The maximum atomic E-state index is 11.4. The SMILES string of the molecule is Cc1ccc(OCc2ccc(NC(=O)CCCl)cc2)cc1. The van der Waals surface area contributed by atoms with Gasteiger partial charge in [-0.2, -0.15) is 0 Å². The summed E-state index contributed by atoms with van der Waals surface area (Å²) < 4.78 is 5.70. The van der Waals surface area contributed by atoms with E-state index in [9.17, 15) is 4.79 Å². The summed E-state index contributed by atoms with van der Waals surface area (Å²) in [5, 5.41) is 2.79. The Kier molecular flexibility index (Phi) is 5.64. The lowest BCUT2D eigenvalue weighted by Gasteiger charge is -2.08. The number of nitrogens with one attached hydrogen (secondary N) is 1. The highest BCUT2D eigenvalue weighted by atomic mass is 35.5. The average molecular weight is 304 g/mol. The van der Waals surface area contributed by atoms with E-state index in [0.29, 0.717) is 18.9 Å². The molecule has 0 radical (unpaired) electrons. The van der Waals surface area contributed by atoms with Crippen molar-refractivity contribution in [3.8, 4) is 5.75 Å². The molecule has 0 aliphatic carbocycles. The first-order valence-electron chi connectivity index (χ1n) is 6.81. The van der Waals surface area contributed by atoms with Crippen LogP contribution in [0.3, 0.4) is 0 Å². The zero-order valence-corrected chi connectivity index (χ0v) is 12.7. The summed E-state index contributed by atoms with van der Waals surface area (Å²) in [5.41, 5.74) is 3.02. The van der Waals surface area contributed by atoms with E-state index in [2.05, 4.69) is 5.32 Å². The van der Waals surface area contributed by atoms with E-state index in [0.717, 1.165) is 17.0 Å². The lowest BCUT2D eigenvalue weighted by Crippen LogP contribution is -2.11. The van der Waals surface area contributed by atoms with E-state index < -0.39 is 0 Å². The van der Waals surface area contributed by atoms with Gasteiger partial charge in [0.2, 0.25) is 5.91 Å². The Balaban J connectivity index is 1.87. The quantitative estimate of drug-likeness (QED) is 0.814. The summed E-state index contributed by atoms with van der Waals surface area (Å²) in [6, 6.07) is 15.5. The van der Waals surface area contributed by atoms with Gasteiger partial charge in [0.25, 0.3) is 0 Å². The molecule has 21 heavy (non-hydrogen) atoms. The number of aryl methyl sites for hydroxylation is 1. The van der Waals surface area contributed by atoms with Gasteiger partial charge in [-0.05, 0) is 36.8 Å². The minimum Gasteiger partial charge on any atom is -0.489 e. The van der Waals surface area contributed by atoms with Gasteiger partial charge in [-0.1, -0.05) is 29.8 Å². The molecular formula is C17H18ClNO2. The van der Waals surface area contributed by atoms with Crippen LogP contribution in [0.2, 0.25) is 0 Å². The number of anilines is 1. The molecule has 2 aromatic carbocycles. The third kappa shape index (κ3) is 5.12. The lowest BCUT2D eigenvalue weighted by molar-refractivity contribution is -0.115. The van der Waals surface area contributed by atoms with Crippen LogP contribution in [0.25, 0.3) is 0 Å². The van der Waals surface area contributed by atoms with Crippen molar-refractivity contribution < 1.29 is 9.53 Å². The first kappa shape index (κ1) is 15.4. The first-order valence-corrected chi connectivity index (χ1v) is 7.35. The molecule has 2 aromatic rings. The summed E-state index contributed by atoms with van der Waals surface area (Å²) >= 11 is 5.52. The number of halogens is 1. The molecule has 3 nitrogen and oxygen atoms in total. The van der Waals surface area contributed by atoms with E-state index in [-0.39, 0.29) is 5.91 Å². The Hall–Kier alpha value is -2.00. The fraction of sp³-hybridized carbons (Fsp3) is 0.235. The molecule has 0 fully saturated rings. The molecule has 4 heteroatoms. The summed E-state index contributed by atoms with van der Waals surface area (Å²) in [6.45, 7) is 2.54. The molecule has 0 bridgehead atoms. The molecule has 0 aliphatic heterocycles. The predicted molar refractivity (Wildman–Crippen MR) is 85.9 cm³/mol. The first-order chi connectivity index (χ1) is 10.2. The van der Waals surface area contributed by atoms with Crippen LogP contribution in [0.1, 0.15) is 17.5 Å². The van der Waals surface area contributed by atoms with Crippen LogP contribution < -0.4 is 10.1 Å². The molecule has 0 atom stereocenters. The monoisotopic (exact) mass is 303 g/mol. The van der Waals surface area contributed by atoms with Gasteiger partial charge in [-0.25, -0.2) is 0 Å². The molecule has 0 heterocycles. The molecule has 1 N–H and O–H groups in total. The van der Waals surface area contributed by atoms with Gasteiger partial charge < -0.3 is 10.1 Å². The van der Waals surface area contributed by atoms with Crippen molar-refractivity contribution in [3.05, 3.63) is 59.7 Å². The van der Waals surface area contributed by atoms with Crippen LogP contribution >= 0.6 is 11.6 Å². The highest BCUT2D eigenvalue weighted by Gasteiger charge is 2.01. The number of amides is 1. The predicted octanol–water partition coefficient (Wildman–Crippen LogP) is 4.14. The van der Waals surface area contributed by atoms with Crippen molar-refractivity contribution >= 4 is 23.2 Å². The largest absolute Gasteiger partial charge is 0.489 e. The highest BCUT2D eigenvalue weighted by molar-refractivity contribution is 6.19. The van der Waals surface area contributed by atoms with Crippen LogP contribution in [0.15, 0.2) is 48.5 Å². The van der Waals surface area contributed by atoms with Crippen LogP contribution in [0.5, 0.6) is 5.75 Å². The summed E-state index contributed by atoms with van der Waals surface area (Å²) in [4.78, 5) is 11.4. The Bertz CT molecular complexity index is 579. The molecular weight excluding hydrogens is 286 g/mol. The Morgan fingerprint density at radius 1 is 1.10 bits per heavy atom. The molecule has 110 valence electrons. The standard InChI is InChI=1S/C17H18ClNO2/c1-13-2-8-16(9-3-13)21-12-14-4-6-15(7-5-14)19-17(20)10-11-18/h2-9H,10-12H2,1H3,(H,19,20). The molecule has 0 aliphatic rings. The van der Waals surface area contributed by atoms with E-state index in [1.807, 2.05) is 55.5 Å². The van der Waals surface area contributed by atoms with Crippen molar-refractivity contribution in [1.29, 1.82) is 0 Å². The molecule has 0 aromatic heterocycles. The Morgan fingerprint density at radius 3 is 2.38 bits per heavy atom. The zero-order chi connectivity index (χ0) is 15.1.